The zero-order chi connectivity index (χ0) is 9.97. The minimum Gasteiger partial charge on any atom is -0.494 e. The Morgan fingerprint density at radius 2 is 2.29 bits per heavy atom. The lowest BCUT2D eigenvalue weighted by molar-refractivity contribution is 0.410. The van der Waals surface area contributed by atoms with Gasteiger partial charge >= 0.3 is 0 Å². The predicted molar refractivity (Wildman–Crippen MR) is 56.1 cm³/mol. The van der Waals surface area contributed by atoms with Crippen LogP contribution in [0.1, 0.15) is 0 Å². The maximum Gasteiger partial charge on any atom is 0.151 e. The number of rotatable bonds is 2. The zero-order valence-corrected chi connectivity index (χ0v) is 9.08. The second kappa shape index (κ2) is 3.79. The van der Waals surface area contributed by atoms with Crippen LogP contribution in [-0.4, -0.2) is 22.3 Å². The van der Waals surface area contributed by atoms with E-state index >= 15 is 0 Å². The van der Waals surface area contributed by atoms with Crippen molar-refractivity contribution in [1.29, 1.82) is 0 Å². The summed E-state index contributed by atoms with van der Waals surface area (Å²) in [6.07, 6.45) is 3.52. The van der Waals surface area contributed by atoms with Crippen LogP contribution in [0.5, 0.6) is 5.75 Å². The van der Waals surface area contributed by atoms with Gasteiger partial charge < -0.3 is 4.74 Å². The fourth-order valence-corrected chi connectivity index (χ4v) is 1.61. The van der Waals surface area contributed by atoms with Crippen LogP contribution in [-0.2, 0) is 0 Å². The number of methoxy groups -OCH3 is 1. The van der Waals surface area contributed by atoms with E-state index in [1.54, 1.807) is 19.5 Å². The standard InChI is InChI=1S/C9H8BrN3O/c1-14-8-3-2-7(13-9(8)10)6-4-11-12-5-6/h2-5H,1H3,(H,11,12). The van der Waals surface area contributed by atoms with Gasteiger partial charge in [-0.3, -0.25) is 5.10 Å². The van der Waals surface area contributed by atoms with Gasteiger partial charge in [-0.15, -0.1) is 0 Å². The van der Waals surface area contributed by atoms with E-state index in [0.717, 1.165) is 17.0 Å². The van der Waals surface area contributed by atoms with Crippen LogP contribution in [0.3, 0.4) is 0 Å². The van der Waals surface area contributed by atoms with Crippen molar-refractivity contribution >= 4 is 15.9 Å². The van der Waals surface area contributed by atoms with E-state index in [4.69, 9.17) is 4.74 Å². The number of nitrogens with zero attached hydrogens (tertiary/aromatic N) is 2. The van der Waals surface area contributed by atoms with E-state index < -0.39 is 0 Å². The van der Waals surface area contributed by atoms with Gasteiger partial charge in [0.05, 0.1) is 19.0 Å². The molecule has 0 bridgehead atoms. The summed E-state index contributed by atoms with van der Waals surface area (Å²) in [4.78, 5) is 4.32. The molecule has 0 radical (unpaired) electrons. The molecule has 0 spiro atoms. The Kier molecular flexibility index (Phi) is 2.49. The lowest BCUT2D eigenvalue weighted by atomic mass is 10.2. The number of pyridine rings is 1. The highest BCUT2D eigenvalue weighted by Gasteiger charge is 2.05. The molecule has 0 aliphatic rings. The van der Waals surface area contributed by atoms with Crippen molar-refractivity contribution in [3.8, 4) is 17.0 Å². The number of aromatic nitrogens is 3. The second-order valence-electron chi connectivity index (χ2n) is 2.68. The lowest BCUT2D eigenvalue weighted by Gasteiger charge is -2.03. The highest BCUT2D eigenvalue weighted by molar-refractivity contribution is 9.10. The first-order chi connectivity index (χ1) is 6.81. The van der Waals surface area contributed by atoms with Gasteiger partial charge in [-0.2, -0.15) is 5.10 Å². The molecule has 0 aromatic carbocycles. The summed E-state index contributed by atoms with van der Waals surface area (Å²) in [6, 6.07) is 3.74. The Bertz CT molecular complexity index is 428. The fourth-order valence-electron chi connectivity index (χ4n) is 1.13. The number of hydrogen-bond donors (Lipinski definition) is 1. The molecule has 2 aromatic heterocycles. The van der Waals surface area contributed by atoms with Crippen LogP contribution in [0, 0.1) is 0 Å². The summed E-state index contributed by atoms with van der Waals surface area (Å²) in [7, 11) is 1.61. The molecule has 2 rings (SSSR count). The Labute approximate surface area is 89.5 Å². The third kappa shape index (κ3) is 1.63. The predicted octanol–water partition coefficient (Wildman–Crippen LogP) is 2.24. The topological polar surface area (TPSA) is 50.8 Å². The van der Waals surface area contributed by atoms with E-state index in [2.05, 4.69) is 31.1 Å². The van der Waals surface area contributed by atoms with E-state index in [0.29, 0.717) is 4.60 Å². The zero-order valence-electron chi connectivity index (χ0n) is 7.49. The Hall–Kier alpha value is -1.36. The summed E-state index contributed by atoms with van der Waals surface area (Å²) in [5, 5.41) is 6.60. The van der Waals surface area contributed by atoms with Crippen molar-refractivity contribution in [2.75, 3.05) is 7.11 Å². The van der Waals surface area contributed by atoms with E-state index in [1.807, 2.05) is 12.1 Å². The molecule has 0 aliphatic carbocycles. The normalized spacial score (nSPS) is 10.1. The van der Waals surface area contributed by atoms with Gasteiger partial charge in [0.2, 0.25) is 0 Å². The van der Waals surface area contributed by atoms with Crippen LogP contribution < -0.4 is 4.74 Å². The van der Waals surface area contributed by atoms with Crippen LogP contribution in [0.25, 0.3) is 11.3 Å². The van der Waals surface area contributed by atoms with Crippen molar-refractivity contribution in [2.45, 2.75) is 0 Å². The minimum atomic E-state index is 0.693. The van der Waals surface area contributed by atoms with Gasteiger partial charge in [0, 0.05) is 11.8 Å². The molecule has 4 nitrogen and oxygen atoms in total. The lowest BCUT2D eigenvalue weighted by Crippen LogP contribution is -1.88. The number of halogens is 1. The number of aromatic amines is 1. The first-order valence-electron chi connectivity index (χ1n) is 4.01. The third-order valence-electron chi connectivity index (χ3n) is 1.83. The molecule has 1 N–H and O–H groups in total. The molecular weight excluding hydrogens is 246 g/mol. The van der Waals surface area contributed by atoms with Crippen molar-refractivity contribution in [1.82, 2.24) is 15.2 Å². The molecule has 14 heavy (non-hydrogen) atoms. The SMILES string of the molecule is COc1ccc(-c2cn[nH]c2)nc1Br. The van der Waals surface area contributed by atoms with Crippen molar-refractivity contribution in [2.24, 2.45) is 0 Å². The first kappa shape index (κ1) is 9.21. The van der Waals surface area contributed by atoms with Crippen LogP contribution in [0.15, 0.2) is 29.1 Å². The molecule has 0 fully saturated rings. The van der Waals surface area contributed by atoms with Crippen LogP contribution >= 0.6 is 15.9 Å². The molecule has 5 heteroatoms. The quantitative estimate of drug-likeness (QED) is 0.836. The number of nitrogens with one attached hydrogen (secondary N) is 1. The summed E-state index contributed by atoms with van der Waals surface area (Å²) >= 11 is 3.33. The van der Waals surface area contributed by atoms with Gasteiger partial charge in [0.15, 0.2) is 5.75 Å². The first-order valence-corrected chi connectivity index (χ1v) is 4.80. The van der Waals surface area contributed by atoms with E-state index in [1.165, 1.54) is 0 Å². The molecule has 0 amide bonds. The smallest absolute Gasteiger partial charge is 0.151 e. The maximum atomic E-state index is 5.08. The highest BCUT2D eigenvalue weighted by Crippen LogP contribution is 2.26. The Morgan fingerprint density at radius 1 is 1.43 bits per heavy atom. The molecule has 0 aliphatic heterocycles. The summed E-state index contributed by atoms with van der Waals surface area (Å²) in [5.41, 5.74) is 1.81. The average molecular weight is 254 g/mol. The minimum absolute atomic E-state index is 0.693. The summed E-state index contributed by atoms with van der Waals surface area (Å²) in [6.45, 7) is 0. The van der Waals surface area contributed by atoms with Gasteiger partial charge in [0.1, 0.15) is 4.60 Å². The van der Waals surface area contributed by atoms with Crippen LogP contribution in [0.4, 0.5) is 0 Å². The molecule has 0 unspecified atom stereocenters. The number of hydrogen-bond acceptors (Lipinski definition) is 3. The van der Waals surface area contributed by atoms with E-state index in [9.17, 15) is 0 Å². The van der Waals surface area contributed by atoms with E-state index in [-0.39, 0.29) is 0 Å². The van der Waals surface area contributed by atoms with Crippen molar-refractivity contribution < 1.29 is 4.74 Å². The number of ether oxygens (including phenoxy) is 1. The van der Waals surface area contributed by atoms with Crippen molar-refractivity contribution in [3.05, 3.63) is 29.1 Å². The third-order valence-corrected chi connectivity index (χ3v) is 2.40. The monoisotopic (exact) mass is 253 g/mol. The van der Waals surface area contributed by atoms with Gasteiger partial charge in [0.25, 0.3) is 0 Å². The molecule has 72 valence electrons. The average Bonchev–Trinajstić information content (AvgIpc) is 2.70. The largest absolute Gasteiger partial charge is 0.494 e. The second-order valence-corrected chi connectivity index (χ2v) is 3.43. The molecule has 0 saturated heterocycles. The summed E-state index contributed by atoms with van der Waals surface area (Å²) < 4.78 is 5.78. The summed E-state index contributed by atoms with van der Waals surface area (Å²) in [5.74, 6) is 0.720. The van der Waals surface area contributed by atoms with Gasteiger partial charge in [-0.05, 0) is 28.1 Å². The fraction of sp³-hybridized carbons (Fsp3) is 0.111. The molecular formula is C9H8BrN3O. The van der Waals surface area contributed by atoms with Gasteiger partial charge in [-0.1, -0.05) is 0 Å². The molecule has 2 aromatic rings. The van der Waals surface area contributed by atoms with Crippen molar-refractivity contribution in [3.63, 3.8) is 0 Å². The Morgan fingerprint density at radius 3 is 2.86 bits per heavy atom. The Balaban J connectivity index is 2.43. The maximum absolute atomic E-state index is 5.08. The molecule has 0 saturated carbocycles. The highest BCUT2D eigenvalue weighted by atomic mass is 79.9. The number of H-pyrrole nitrogens is 1. The van der Waals surface area contributed by atoms with Gasteiger partial charge in [-0.25, -0.2) is 4.98 Å². The van der Waals surface area contributed by atoms with Crippen LogP contribution in [0.2, 0.25) is 0 Å². The molecule has 2 heterocycles. The molecule has 0 atom stereocenters.